The van der Waals surface area contributed by atoms with E-state index in [1.807, 2.05) is 55.9 Å². The molecule has 0 spiro atoms. The van der Waals surface area contributed by atoms with Crippen LogP contribution in [0.25, 0.3) is 5.57 Å². The Kier molecular flexibility index (Phi) is 14.3. The summed E-state index contributed by atoms with van der Waals surface area (Å²) in [6.07, 6.45) is 14.7. The Bertz CT molecular complexity index is 707. The Morgan fingerprint density at radius 3 is 2.34 bits per heavy atom. The van der Waals surface area contributed by atoms with Gasteiger partial charge >= 0.3 is 0 Å². The van der Waals surface area contributed by atoms with Gasteiger partial charge in [0.15, 0.2) is 0 Å². The van der Waals surface area contributed by atoms with Crippen molar-refractivity contribution in [1.82, 2.24) is 14.1 Å². The molecule has 1 aliphatic heterocycles. The molecule has 0 saturated carbocycles. The number of hydrogen-bond acceptors (Lipinski definition) is 2. The number of aromatic nitrogens is 2. The number of rotatable bonds is 7. The number of hydrogen-bond donors (Lipinski definition) is 0. The molecule has 1 unspecified atom stereocenters. The second-order valence-electron chi connectivity index (χ2n) is 6.52. The molecular weight excluding hydrogens is 378 g/mol. The number of nitrogens with zero attached hydrogens (tertiary/aromatic N) is 3. The van der Waals surface area contributed by atoms with Crippen LogP contribution in [0, 0.1) is 0 Å². The highest BCUT2D eigenvalue weighted by Gasteiger charge is 2.22. The van der Waals surface area contributed by atoms with Crippen LogP contribution in [0.3, 0.4) is 0 Å². The van der Waals surface area contributed by atoms with Gasteiger partial charge in [0.05, 0.1) is 23.2 Å². The molecule has 1 fully saturated rings. The fraction of sp³-hybridized carbons (Fsp3) is 0.542. The summed E-state index contributed by atoms with van der Waals surface area (Å²) < 4.78 is 15.6. The summed E-state index contributed by atoms with van der Waals surface area (Å²) in [6, 6.07) is 0.371. The van der Waals surface area contributed by atoms with Gasteiger partial charge < -0.3 is 0 Å². The molecule has 2 heterocycles. The average Bonchev–Trinajstić information content (AvgIpc) is 3.25. The SMILES string of the molecule is C=C(C/C=C\C)/C(C)=C/C(=C)c1cnn(C2CCN(S(C)=O)CC2)c1.CC.CC. The first-order valence-electron chi connectivity index (χ1n) is 10.7. The van der Waals surface area contributed by atoms with Crippen molar-refractivity contribution >= 4 is 16.6 Å². The second kappa shape index (κ2) is 15.2. The summed E-state index contributed by atoms with van der Waals surface area (Å²) in [6.45, 7) is 22.1. The average molecular weight is 420 g/mol. The largest absolute Gasteiger partial charge is 0.269 e. The van der Waals surface area contributed by atoms with Crippen molar-refractivity contribution < 1.29 is 4.21 Å². The first-order valence-corrected chi connectivity index (χ1v) is 12.2. The normalized spacial score (nSPS) is 16.4. The van der Waals surface area contributed by atoms with Gasteiger partial charge in [-0.15, -0.1) is 0 Å². The molecule has 0 aliphatic carbocycles. The summed E-state index contributed by atoms with van der Waals surface area (Å²) in [4.78, 5) is 0. The Labute approximate surface area is 181 Å². The molecule has 4 nitrogen and oxygen atoms in total. The van der Waals surface area contributed by atoms with Crippen molar-refractivity contribution in [3.63, 3.8) is 0 Å². The highest BCUT2D eigenvalue weighted by atomic mass is 32.2. The molecular formula is C24H41N3OS. The molecule has 0 N–H and O–H groups in total. The zero-order valence-electron chi connectivity index (χ0n) is 19.6. The van der Waals surface area contributed by atoms with E-state index in [0.29, 0.717) is 6.04 Å². The Morgan fingerprint density at radius 1 is 1.24 bits per heavy atom. The molecule has 1 saturated heterocycles. The van der Waals surface area contributed by atoms with Crippen molar-refractivity contribution in [2.24, 2.45) is 0 Å². The van der Waals surface area contributed by atoms with Gasteiger partial charge in [-0.05, 0) is 49.8 Å². The lowest BCUT2D eigenvalue weighted by molar-refractivity contribution is 0.270. The number of piperidine rings is 1. The lowest BCUT2D eigenvalue weighted by atomic mass is 10.0. The summed E-state index contributed by atoms with van der Waals surface area (Å²) in [5, 5.41) is 4.53. The van der Waals surface area contributed by atoms with E-state index in [-0.39, 0.29) is 0 Å². The fourth-order valence-electron chi connectivity index (χ4n) is 2.94. The Balaban J connectivity index is 0.00000184. The van der Waals surface area contributed by atoms with Gasteiger partial charge in [-0.1, -0.05) is 59.1 Å². The van der Waals surface area contributed by atoms with E-state index < -0.39 is 11.0 Å². The van der Waals surface area contributed by atoms with Crippen LogP contribution in [0.2, 0.25) is 0 Å². The smallest absolute Gasteiger partial charge is 0.0910 e. The van der Waals surface area contributed by atoms with Crippen molar-refractivity contribution in [2.75, 3.05) is 19.3 Å². The predicted octanol–water partition coefficient (Wildman–Crippen LogP) is 6.35. The molecule has 2 rings (SSSR count). The summed E-state index contributed by atoms with van der Waals surface area (Å²) >= 11 is 0. The van der Waals surface area contributed by atoms with Crippen LogP contribution in [0.5, 0.6) is 0 Å². The van der Waals surface area contributed by atoms with Crippen molar-refractivity contribution in [3.8, 4) is 0 Å². The molecule has 164 valence electrons. The molecule has 0 bridgehead atoms. The second-order valence-corrected chi connectivity index (χ2v) is 7.89. The molecule has 1 aromatic rings. The molecule has 1 atom stereocenters. The van der Waals surface area contributed by atoms with Gasteiger partial charge in [-0.2, -0.15) is 5.10 Å². The van der Waals surface area contributed by atoms with Gasteiger partial charge in [-0.25, -0.2) is 8.51 Å². The predicted molar refractivity (Wildman–Crippen MR) is 130 cm³/mol. The maximum atomic E-state index is 11.5. The standard InChI is InChI=1S/C20H29N3OS.2C2H6/c1-6-7-8-16(2)17(3)13-18(4)19-14-21-23(15-19)20-9-11-22(12-10-20)25(5)24;2*1-2/h6-7,13-15,20H,2,4,8-12H2,1,3,5H3;2*1-2H3/b7-6-,17-13+;;. The highest BCUT2D eigenvalue weighted by molar-refractivity contribution is 7.81. The Hall–Kier alpha value is -1.72. The minimum Gasteiger partial charge on any atom is -0.269 e. The van der Waals surface area contributed by atoms with E-state index >= 15 is 0 Å². The summed E-state index contributed by atoms with van der Waals surface area (Å²) in [5.74, 6) is 0. The lowest BCUT2D eigenvalue weighted by Gasteiger charge is -2.29. The van der Waals surface area contributed by atoms with E-state index in [9.17, 15) is 4.21 Å². The van der Waals surface area contributed by atoms with Crippen LogP contribution in [-0.4, -0.2) is 37.6 Å². The zero-order chi connectivity index (χ0) is 22.4. The van der Waals surface area contributed by atoms with Gasteiger partial charge in [0.25, 0.3) is 0 Å². The first kappa shape index (κ1) is 27.3. The van der Waals surface area contributed by atoms with Crippen LogP contribution in [0.15, 0.2) is 54.9 Å². The minimum absolute atomic E-state index is 0.371. The van der Waals surface area contributed by atoms with Gasteiger partial charge in [0.2, 0.25) is 0 Å². The van der Waals surface area contributed by atoms with Crippen molar-refractivity contribution in [3.05, 3.63) is 60.5 Å². The zero-order valence-corrected chi connectivity index (χ0v) is 20.4. The molecule has 1 aromatic heterocycles. The van der Waals surface area contributed by atoms with Gasteiger partial charge in [0.1, 0.15) is 0 Å². The van der Waals surface area contributed by atoms with E-state index in [0.717, 1.165) is 54.6 Å². The monoisotopic (exact) mass is 419 g/mol. The topological polar surface area (TPSA) is 38.1 Å². The maximum absolute atomic E-state index is 11.5. The fourth-order valence-corrected chi connectivity index (χ4v) is 3.66. The quantitative estimate of drug-likeness (QED) is 0.381. The minimum atomic E-state index is -0.871. The van der Waals surface area contributed by atoms with Crippen LogP contribution < -0.4 is 0 Å². The third-order valence-corrected chi connectivity index (χ3v) is 5.77. The number of allylic oxidation sites excluding steroid dienone is 6. The van der Waals surface area contributed by atoms with Crippen LogP contribution in [-0.2, 0) is 11.0 Å². The molecule has 1 aliphatic rings. The van der Waals surface area contributed by atoms with Crippen molar-refractivity contribution in [1.29, 1.82) is 0 Å². The van der Waals surface area contributed by atoms with Crippen LogP contribution in [0.1, 0.15) is 72.4 Å². The molecule has 29 heavy (non-hydrogen) atoms. The van der Waals surface area contributed by atoms with E-state index in [1.165, 1.54) is 0 Å². The van der Waals surface area contributed by atoms with E-state index in [2.05, 4.69) is 43.5 Å². The molecule has 0 amide bonds. The maximum Gasteiger partial charge on any atom is 0.0910 e. The molecule has 0 aromatic carbocycles. The van der Waals surface area contributed by atoms with Gasteiger partial charge in [0, 0.05) is 31.1 Å². The van der Waals surface area contributed by atoms with Crippen molar-refractivity contribution in [2.45, 2.75) is 66.8 Å². The Morgan fingerprint density at radius 2 is 1.83 bits per heavy atom. The third-order valence-electron chi connectivity index (χ3n) is 4.68. The highest BCUT2D eigenvalue weighted by Crippen LogP contribution is 2.25. The molecule has 0 radical (unpaired) electrons. The summed E-state index contributed by atoms with van der Waals surface area (Å²) in [5.41, 5.74) is 4.25. The molecule has 5 heteroatoms. The summed E-state index contributed by atoms with van der Waals surface area (Å²) in [7, 11) is -0.871. The van der Waals surface area contributed by atoms with Crippen LogP contribution in [0.4, 0.5) is 0 Å². The first-order chi connectivity index (χ1) is 13.9. The third kappa shape index (κ3) is 9.09. The van der Waals surface area contributed by atoms with Crippen LogP contribution >= 0.6 is 0 Å². The lowest BCUT2D eigenvalue weighted by Crippen LogP contribution is -2.35. The van der Waals surface area contributed by atoms with E-state index in [4.69, 9.17) is 0 Å². The van der Waals surface area contributed by atoms with Gasteiger partial charge in [-0.3, -0.25) is 4.68 Å². The van der Waals surface area contributed by atoms with E-state index in [1.54, 1.807) is 6.26 Å².